The van der Waals surface area contributed by atoms with Crippen molar-refractivity contribution >= 4 is 5.91 Å². The molecule has 0 bridgehead atoms. The van der Waals surface area contributed by atoms with Gasteiger partial charge < -0.3 is 5.32 Å². The zero-order valence-electron chi connectivity index (χ0n) is 10.5. The molecule has 1 aliphatic carbocycles. The largest absolute Gasteiger partial charge is 0.354 e. The standard InChI is InChI=1S/C13H19N3O2/c17-12(9-11-3-1-2-4-11)15-7-8-16-10-14-6-5-13(16)18/h5-6,10-11H,1-4,7-9H2,(H,15,17). The van der Waals surface area contributed by atoms with Crippen LogP contribution in [0.3, 0.4) is 0 Å². The number of hydrogen-bond donors (Lipinski definition) is 1. The first-order valence-electron chi connectivity index (χ1n) is 6.53. The van der Waals surface area contributed by atoms with Crippen LogP contribution in [0, 0.1) is 5.92 Å². The van der Waals surface area contributed by atoms with Crippen LogP contribution in [0.25, 0.3) is 0 Å². The average molecular weight is 249 g/mol. The number of carbonyl (C=O) groups is 1. The lowest BCUT2D eigenvalue weighted by Crippen LogP contribution is -2.31. The molecule has 1 heterocycles. The Bertz CT molecular complexity index is 450. The molecule has 18 heavy (non-hydrogen) atoms. The van der Waals surface area contributed by atoms with Crippen LogP contribution in [0.1, 0.15) is 32.1 Å². The van der Waals surface area contributed by atoms with E-state index >= 15 is 0 Å². The van der Waals surface area contributed by atoms with Gasteiger partial charge in [-0.1, -0.05) is 12.8 Å². The van der Waals surface area contributed by atoms with Crippen molar-refractivity contribution in [2.24, 2.45) is 5.92 Å². The number of nitrogens with zero attached hydrogens (tertiary/aromatic N) is 2. The highest BCUT2D eigenvalue weighted by Gasteiger charge is 2.17. The molecule has 5 heteroatoms. The highest BCUT2D eigenvalue weighted by Crippen LogP contribution is 2.27. The topological polar surface area (TPSA) is 64.0 Å². The number of carbonyl (C=O) groups excluding carboxylic acids is 1. The molecule has 1 N–H and O–H groups in total. The van der Waals surface area contributed by atoms with Gasteiger partial charge in [-0.15, -0.1) is 0 Å². The lowest BCUT2D eigenvalue weighted by Gasteiger charge is -2.10. The highest BCUT2D eigenvalue weighted by molar-refractivity contribution is 5.76. The third kappa shape index (κ3) is 3.68. The van der Waals surface area contributed by atoms with Crippen molar-refractivity contribution in [2.45, 2.75) is 38.6 Å². The molecule has 0 aliphatic heterocycles. The Morgan fingerprint density at radius 1 is 1.44 bits per heavy atom. The lowest BCUT2D eigenvalue weighted by molar-refractivity contribution is -0.122. The molecule has 0 spiro atoms. The van der Waals surface area contributed by atoms with Gasteiger partial charge in [0.1, 0.15) is 0 Å². The Hall–Kier alpha value is -1.65. The molecule has 98 valence electrons. The summed E-state index contributed by atoms with van der Waals surface area (Å²) < 4.78 is 1.50. The van der Waals surface area contributed by atoms with Gasteiger partial charge in [0, 0.05) is 31.8 Å². The van der Waals surface area contributed by atoms with Crippen LogP contribution in [0.2, 0.25) is 0 Å². The predicted molar refractivity (Wildman–Crippen MR) is 68.1 cm³/mol. The minimum absolute atomic E-state index is 0.0879. The summed E-state index contributed by atoms with van der Waals surface area (Å²) in [5.74, 6) is 0.657. The van der Waals surface area contributed by atoms with E-state index in [-0.39, 0.29) is 11.5 Å². The van der Waals surface area contributed by atoms with Crippen LogP contribution in [0.4, 0.5) is 0 Å². The Balaban J connectivity index is 1.70. The van der Waals surface area contributed by atoms with Gasteiger partial charge in [0.2, 0.25) is 5.91 Å². The first kappa shape index (κ1) is 12.8. The van der Waals surface area contributed by atoms with Crippen molar-refractivity contribution < 1.29 is 4.79 Å². The molecule has 1 aromatic rings. The molecule has 0 saturated heterocycles. The normalized spacial score (nSPS) is 15.8. The van der Waals surface area contributed by atoms with Gasteiger partial charge in [0.25, 0.3) is 5.56 Å². The van der Waals surface area contributed by atoms with Gasteiger partial charge in [0.05, 0.1) is 6.33 Å². The summed E-state index contributed by atoms with van der Waals surface area (Å²) in [4.78, 5) is 26.9. The Kier molecular flexibility index (Phi) is 4.50. The van der Waals surface area contributed by atoms with E-state index in [1.54, 1.807) is 0 Å². The predicted octanol–water partition coefficient (Wildman–Crippen LogP) is 0.940. The third-order valence-corrected chi connectivity index (χ3v) is 3.42. The molecular formula is C13H19N3O2. The van der Waals surface area contributed by atoms with Gasteiger partial charge in [-0.3, -0.25) is 14.2 Å². The molecule has 1 amide bonds. The van der Waals surface area contributed by atoms with Crippen LogP contribution in [0.15, 0.2) is 23.4 Å². The van der Waals surface area contributed by atoms with E-state index in [1.807, 2.05) is 0 Å². The van der Waals surface area contributed by atoms with Crippen molar-refractivity contribution in [3.05, 3.63) is 28.9 Å². The maximum Gasteiger partial charge on any atom is 0.253 e. The van der Waals surface area contributed by atoms with Crippen LogP contribution < -0.4 is 10.9 Å². The number of rotatable bonds is 5. The van der Waals surface area contributed by atoms with Gasteiger partial charge >= 0.3 is 0 Å². The smallest absolute Gasteiger partial charge is 0.253 e. The summed E-state index contributed by atoms with van der Waals surface area (Å²) in [5.41, 5.74) is -0.0879. The second kappa shape index (κ2) is 6.33. The van der Waals surface area contributed by atoms with Gasteiger partial charge in [-0.25, -0.2) is 4.98 Å². The Morgan fingerprint density at radius 2 is 2.22 bits per heavy atom. The van der Waals surface area contributed by atoms with Crippen molar-refractivity contribution in [3.8, 4) is 0 Å². The maximum atomic E-state index is 11.7. The second-order valence-electron chi connectivity index (χ2n) is 4.82. The summed E-state index contributed by atoms with van der Waals surface area (Å²) in [6, 6.07) is 1.42. The van der Waals surface area contributed by atoms with Crippen molar-refractivity contribution in [1.82, 2.24) is 14.9 Å². The number of nitrogens with one attached hydrogen (secondary N) is 1. The van der Waals surface area contributed by atoms with Crippen LogP contribution in [0.5, 0.6) is 0 Å². The van der Waals surface area contributed by atoms with Crippen LogP contribution >= 0.6 is 0 Å². The molecule has 0 aromatic carbocycles. The molecule has 5 nitrogen and oxygen atoms in total. The first-order chi connectivity index (χ1) is 8.75. The molecule has 0 radical (unpaired) electrons. The molecule has 0 unspecified atom stereocenters. The minimum Gasteiger partial charge on any atom is -0.354 e. The fourth-order valence-corrected chi connectivity index (χ4v) is 2.41. The minimum atomic E-state index is -0.0879. The summed E-state index contributed by atoms with van der Waals surface area (Å²) in [6.45, 7) is 0.959. The van der Waals surface area contributed by atoms with E-state index in [0.29, 0.717) is 25.4 Å². The lowest BCUT2D eigenvalue weighted by atomic mass is 10.0. The van der Waals surface area contributed by atoms with Gasteiger partial charge in [-0.05, 0) is 18.8 Å². The quantitative estimate of drug-likeness (QED) is 0.844. The zero-order chi connectivity index (χ0) is 12.8. The fourth-order valence-electron chi connectivity index (χ4n) is 2.41. The van der Waals surface area contributed by atoms with Crippen LogP contribution in [-0.2, 0) is 11.3 Å². The second-order valence-corrected chi connectivity index (χ2v) is 4.82. The monoisotopic (exact) mass is 249 g/mol. The zero-order valence-corrected chi connectivity index (χ0v) is 10.5. The summed E-state index contributed by atoms with van der Waals surface area (Å²) in [6.07, 6.45) is 8.45. The number of hydrogen-bond acceptors (Lipinski definition) is 3. The molecule has 1 saturated carbocycles. The van der Waals surface area contributed by atoms with Gasteiger partial charge in [-0.2, -0.15) is 0 Å². The molecular weight excluding hydrogens is 230 g/mol. The first-order valence-corrected chi connectivity index (χ1v) is 6.53. The molecule has 0 atom stereocenters. The Labute approximate surface area is 106 Å². The van der Waals surface area contributed by atoms with E-state index in [0.717, 1.165) is 0 Å². The van der Waals surface area contributed by atoms with Crippen molar-refractivity contribution in [2.75, 3.05) is 6.54 Å². The van der Waals surface area contributed by atoms with E-state index in [9.17, 15) is 9.59 Å². The van der Waals surface area contributed by atoms with E-state index in [1.165, 1.54) is 48.8 Å². The molecule has 1 aliphatic rings. The molecule has 1 fully saturated rings. The summed E-state index contributed by atoms with van der Waals surface area (Å²) in [5, 5.41) is 2.86. The summed E-state index contributed by atoms with van der Waals surface area (Å²) in [7, 11) is 0. The molecule has 1 aromatic heterocycles. The number of aromatic nitrogens is 2. The SMILES string of the molecule is O=C(CC1CCCC1)NCCn1cnccc1=O. The van der Waals surface area contributed by atoms with E-state index in [2.05, 4.69) is 10.3 Å². The summed E-state index contributed by atoms with van der Waals surface area (Å²) >= 11 is 0. The number of amides is 1. The van der Waals surface area contributed by atoms with E-state index < -0.39 is 0 Å². The average Bonchev–Trinajstić information content (AvgIpc) is 2.84. The maximum absolute atomic E-state index is 11.7. The van der Waals surface area contributed by atoms with Crippen molar-refractivity contribution in [3.63, 3.8) is 0 Å². The van der Waals surface area contributed by atoms with Crippen LogP contribution in [-0.4, -0.2) is 22.0 Å². The Morgan fingerprint density at radius 3 is 2.94 bits per heavy atom. The highest BCUT2D eigenvalue weighted by atomic mass is 16.1. The van der Waals surface area contributed by atoms with Gasteiger partial charge in [0.15, 0.2) is 0 Å². The van der Waals surface area contributed by atoms with Crippen molar-refractivity contribution in [1.29, 1.82) is 0 Å². The fraction of sp³-hybridized carbons (Fsp3) is 0.615. The van der Waals surface area contributed by atoms with E-state index in [4.69, 9.17) is 0 Å². The molecule has 2 rings (SSSR count). The third-order valence-electron chi connectivity index (χ3n) is 3.42.